The molecule has 0 aliphatic heterocycles. The number of fused-ring (bicyclic) bond motifs is 1. The Morgan fingerprint density at radius 1 is 1.09 bits per heavy atom. The van der Waals surface area contributed by atoms with Crippen molar-refractivity contribution in [3.05, 3.63) is 83.9 Å². The summed E-state index contributed by atoms with van der Waals surface area (Å²) in [4.78, 5) is 18.0. The Kier molecular flexibility index (Phi) is 6.55. The average molecular weight is 481 g/mol. The lowest BCUT2D eigenvalue weighted by molar-refractivity contribution is -0.115. The van der Waals surface area contributed by atoms with Crippen LogP contribution in [0.1, 0.15) is 23.3 Å². The molecule has 0 fully saturated rings. The molecular weight excluding hydrogens is 456 g/mol. The lowest BCUT2D eigenvalue weighted by atomic mass is 10.1. The first kappa shape index (κ1) is 23.0. The van der Waals surface area contributed by atoms with E-state index in [4.69, 9.17) is 5.14 Å². The fourth-order valence-corrected chi connectivity index (χ4v) is 5.22. The summed E-state index contributed by atoms with van der Waals surface area (Å²) < 4.78 is 25.5. The van der Waals surface area contributed by atoms with Gasteiger partial charge in [0.05, 0.1) is 15.9 Å². The van der Waals surface area contributed by atoms with Crippen LogP contribution >= 0.6 is 11.8 Å². The van der Waals surface area contributed by atoms with Crippen molar-refractivity contribution in [2.75, 3.05) is 5.32 Å². The van der Waals surface area contributed by atoms with Crippen LogP contribution in [-0.4, -0.2) is 23.9 Å². The van der Waals surface area contributed by atoms with Gasteiger partial charge in [0.1, 0.15) is 5.25 Å². The van der Waals surface area contributed by atoms with Crippen molar-refractivity contribution >= 4 is 44.4 Å². The number of hydrogen-bond acceptors (Lipinski definition) is 5. The number of thioether (sulfide) groups is 1. The number of aryl methyl sites for hydroxylation is 2. The van der Waals surface area contributed by atoms with Crippen LogP contribution < -0.4 is 10.5 Å². The molecule has 0 saturated carbocycles. The van der Waals surface area contributed by atoms with Crippen molar-refractivity contribution in [1.29, 1.82) is 0 Å². The van der Waals surface area contributed by atoms with E-state index in [0.29, 0.717) is 22.9 Å². The Hall–Kier alpha value is -3.14. The molecule has 7 nitrogen and oxygen atoms in total. The fourth-order valence-electron chi connectivity index (χ4n) is 3.51. The first-order chi connectivity index (χ1) is 15.8. The average Bonchev–Trinajstić information content (AvgIpc) is 3.15. The van der Waals surface area contributed by atoms with Gasteiger partial charge < -0.3 is 9.88 Å². The maximum Gasteiger partial charge on any atom is 0.242 e. The largest absolute Gasteiger partial charge is 0.325 e. The highest BCUT2D eigenvalue weighted by molar-refractivity contribution is 8.00. The zero-order valence-electron chi connectivity index (χ0n) is 18.2. The summed E-state index contributed by atoms with van der Waals surface area (Å²) in [6.45, 7) is 4.57. The van der Waals surface area contributed by atoms with Crippen LogP contribution in [-0.2, 0) is 21.4 Å². The van der Waals surface area contributed by atoms with Gasteiger partial charge in [-0.05, 0) is 49.7 Å². The third-order valence-corrected chi connectivity index (χ3v) is 7.37. The normalized spacial score (nSPS) is 12.6. The van der Waals surface area contributed by atoms with Gasteiger partial charge in [0, 0.05) is 12.2 Å². The molecule has 1 heterocycles. The second-order valence-corrected chi connectivity index (χ2v) is 10.2. The van der Waals surface area contributed by atoms with Crippen LogP contribution in [0.15, 0.2) is 82.8 Å². The number of nitrogens with zero attached hydrogens (tertiary/aromatic N) is 2. The third-order valence-electron chi connectivity index (χ3n) is 5.21. The first-order valence-electron chi connectivity index (χ1n) is 10.4. The zero-order valence-corrected chi connectivity index (χ0v) is 19.9. The molecule has 4 aromatic rings. The number of aromatic nitrogens is 2. The second kappa shape index (κ2) is 9.38. The van der Waals surface area contributed by atoms with Crippen molar-refractivity contribution in [2.24, 2.45) is 5.14 Å². The summed E-state index contributed by atoms with van der Waals surface area (Å²) in [7, 11) is -3.84. The number of primary sulfonamides is 1. The van der Waals surface area contributed by atoms with E-state index in [0.717, 1.165) is 16.6 Å². The smallest absolute Gasteiger partial charge is 0.242 e. The van der Waals surface area contributed by atoms with Gasteiger partial charge in [-0.2, -0.15) is 0 Å². The highest BCUT2D eigenvalue weighted by Gasteiger charge is 2.25. The Labute approximate surface area is 197 Å². The van der Waals surface area contributed by atoms with Crippen molar-refractivity contribution in [2.45, 2.75) is 35.7 Å². The molecule has 1 atom stereocenters. The molecule has 1 amide bonds. The molecule has 0 saturated heterocycles. The number of sulfonamides is 1. The molecule has 170 valence electrons. The topological polar surface area (TPSA) is 107 Å². The molecule has 3 N–H and O–H groups in total. The molecule has 9 heteroatoms. The molecule has 4 rings (SSSR count). The SMILES string of the molecule is CCn1c(SC(C(=O)Nc2ccc(C)cc2)c2ccccc2)nc2cc(S(N)(=O)=O)ccc21. The minimum atomic E-state index is -3.84. The highest BCUT2D eigenvalue weighted by Crippen LogP contribution is 2.37. The number of carbonyl (C=O) groups is 1. The number of rotatable bonds is 7. The van der Waals surface area contributed by atoms with Gasteiger partial charge in [-0.1, -0.05) is 59.8 Å². The maximum absolute atomic E-state index is 13.3. The predicted molar refractivity (Wildman–Crippen MR) is 132 cm³/mol. The van der Waals surface area contributed by atoms with Crippen LogP contribution in [0, 0.1) is 6.92 Å². The molecule has 0 radical (unpaired) electrons. The molecule has 3 aromatic carbocycles. The number of anilines is 1. The number of nitrogens with two attached hydrogens (primary N) is 1. The maximum atomic E-state index is 13.3. The van der Waals surface area contributed by atoms with E-state index >= 15 is 0 Å². The van der Waals surface area contributed by atoms with Crippen LogP contribution in [0.3, 0.4) is 0 Å². The molecular formula is C24H24N4O3S2. The molecule has 33 heavy (non-hydrogen) atoms. The van der Waals surface area contributed by atoms with Crippen molar-refractivity contribution in [3.63, 3.8) is 0 Å². The van der Waals surface area contributed by atoms with Gasteiger partial charge in [0.2, 0.25) is 15.9 Å². The highest BCUT2D eigenvalue weighted by atomic mass is 32.2. The minimum absolute atomic E-state index is 0.00373. The Morgan fingerprint density at radius 2 is 1.79 bits per heavy atom. The number of benzene rings is 3. The van der Waals surface area contributed by atoms with Crippen LogP contribution in [0.5, 0.6) is 0 Å². The van der Waals surface area contributed by atoms with E-state index in [1.54, 1.807) is 6.07 Å². The molecule has 1 unspecified atom stereocenters. The third kappa shape index (κ3) is 5.11. The number of nitrogens with one attached hydrogen (secondary N) is 1. The Bertz CT molecular complexity index is 1400. The Morgan fingerprint density at radius 3 is 2.42 bits per heavy atom. The predicted octanol–water partition coefficient (Wildman–Crippen LogP) is 4.48. The summed E-state index contributed by atoms with van der Waals surface area (Å²) in [5.74, 6) is -0.171. The molecule has 0 bridgehead atoms. The van der Waals surface area contributed by atoms with E-state index in [-0.39, 0.29) is 10.8 Å². The lowest BCUT2D eigenvalue weighted by Gasteiger charge is -2.17. The summed E-state index contributed by atoms with van der Waals surface area (Å²) in [6, 6.07) is 21.8. The first-order valence-corrected chi connectivity index (χ1v) is 12.8. The van der Waals surface area contributed by atoms with E-state index in [9.17, 15) is 13.2 Å². The second-order valence-electron chi connectivity index (χ2n) is 7.60. The summed E-state index contributed by atoms with van der Waals surface area (Å²) in [5, 5.41) is 8.33. The van der Waals surface area contributed by atoms with Crippen molar-refractivity contribution in [3.8, 4) is 0 Å². The van der Waals surface area contributed by atoms with Gasteiger partial charge in [-0.25, -0.2) is 18.5 Å². The minimum Gasteiger partial charge on any atom is -0.325 e. The van der Waals surface area contributed by atoms with Gasteiger partial charge in [0.25, 0.3) is 0 Å². The van der Waals surface area contributed by atoms with Crippen LogP contribution in [0.25, 0.3) is 11.0 Å². The van der Waals surface area contributed by atoms with E-state index in [1.807, 2.05) is 73.0 Å². The molecule has 1 aromatic heterocycles. The molecule has 0 spiro atoms. The monoisotopic (exact) mass is 480 g/mol. The van der Waals surface area contributed by atoms with Crippen molar-refractivity contribution < 1.29 is 13.2 Å². The number of carbonyl (C=O) groups excluding carboxylic acids is 1. The van der Waals surface area contributed by atoms with Gasteiger partial charge in [0.15, 0.2) is 5.16 Å². The molecule has 0 aliphatic rings. The Balaban J connectivity index is 1.72. The van der Waals surface area contributed by atoms with Gasteiger partial charge >= 0.3 is 0 Å². The van der Waals surface area contributed by atoms with Gasteiger partial charge in [-0.15, -0.1) is 0 Å². The number of hydrogen-bond donors (Lipinski definition) is 2. The van der Waals surface area contributed by atoms with Gasteiger partial charge in [-0.3, -0.25) is 4.79 Å². The summed E-state index contributed by atoms with van der Waals surface area (Å²) in [5.41, 5.74) is 3.95. The molecule has 0 aliphatic carbocycles. The fraction of sp³-hybridized carbons (Fsp3) is 0.167. The van der Waals surface area contributed by atoms with Crippen LogP contribution in [0.4, 0.5) is 5.69 Å². The quantitative estimate of drug-likeness (QED) is 0.379. The van der Waals surface area contributed by atoms with Crippen molar-refractivity contribution in [1.82, 2.24) is 9.55 Å². The van der Waals surface area contributed by atoms with E-state index < -0.39 is 15.3 Å². The van der Waals surface area contributed by atoms with E-state index in [1.165, 1.54) is 23.9 Å². The summed E-state index contributed by atoms with van der Waals surface area (Å²) >= 11 is 1.32. The lowest BCUT2D eigenvalue weighted by Crippen LogP contribution is -2.19. The van der Waals surface area contributed by atoms with Crippen LogP contribution in [0.2, 0.25) is 0 Å². The number of imidazole rings is 1. The van der Waals surface area contributed by atoms with E-state index in [2.05, 4.69) is 10.3 Å². The summed E-state index contributed by atoms with van der Waals surface area (Å²) in [6.07, 6.45) is 0. The standard InChI is InChI=1S/C24H24N4O3S2/c1-3-28-21-14-13-19(33(25,30)31)15-20(21)27-24(28)32-22(17-7-5-4-6-8-17)23(29)26-18-11-9-16(2)10-12-18/h4-15,22H,3H2,1-2H3,(H,26,29)(H2,25,30,31). The number of amides is 1. The zero-order chi connectivity index (χ0) is 23.6.